The summed E-state index contributed by atoms with van der Waals surface area (Å²) in [6, 6.07) is 8.75. The van der Waals surface area contributed by atoms with Gasteiger partial charge < -0.3 is 10.2 Å². The molecular weight excluding hydrogens is 284 g/mol. The zero-order valence-electron chi connectivity index (χ0n) is 14.6. The Balaban J connectivity index is 1.52. The van der Waals surface area contributed by atoms with Crippen molar-refractivity contribution in [3.05, 3.63) is 35.4 Å². The number of carbonyl (C=O) groups is 1. The molecule has 2 saturated heterocycles. The van der Waals surface area contributed by atoms with E-state index in [0.717, 1.165) is 32.6 Å². The summed E-state index contributed by atoms with van der Waals surface area (Å²) in [7, 11) is 0. The van der Waals surface area contributed by atoms with Gasteiger partial charge in [-0.15, -0.1) is 0 Å². The van der Waals surface area contributed by atoms with Gasteiger partial charge in [0.2, 0.25) is 5.91 Å². The Labute approximate surface area is 140 Å². The van der Waals surface area contributed by atoms with Crippen LogP contribution in [0.15, 0.2) is 24.3 Å². The van der Waals surface area contributed by atoms with Crippen LogP contribution in [0.25, 0.3) is 0 Å². The number of piperidine rings is 1. The van der Waals surface area contributed by atoms with Crippen LogP contribution in [0, 0.1) is 5.41 Å². The number of likely N-dealkylation sites (tertiary alicyclic amines) is 1. The maximum Gasteiger partial charge on any atom is 0.223 e. The van der Waals surface area contributed by atoms with Gasteiger partial charge in [0, 0.05) is 26.1 Å². The van der Waals surface area contributed by atoms with Crippen molar-refractivity contribution in [3.63, 3.8) is 0 Å². The Morgan fingerprint density at radius 3 is 2.48 bits per heavy atom. The maximum absolute atomic E-state index is 12.6. The average molecular weight is 314 g/mol. The predicted octanol–water partition coefficient (Wildman–Crippen LogP) is 3.34. The third-order valence-corrected chi connectivity index (χ3v) is 5.95. The molecule has 1 aromatic carbocycles. The van der Waals surface area contributed by atoms with Crippen LogP contribution in [-0.2, 0) is 11.2 Å². The molecule has 0 radical (unpaired) electrons. The van der Waals surface area contributed by atoms with E-state index in [0.29, 0.717) is 23.7 Å². The van der Waals surface area contributed by atoms with E-state index < -0.39 is 0 Å². The van der Waals surface area contributed by atoms with Crippen molar-refractivity contribution >= 4 is 5.91 Å². The van der Waals surface area contributed by atoms with Gasteiger partial charge in [0.05, 0.1) is 0 Å². The fourth-order valence-electron chi connectivity index (χ4n) is 4.04. The Morgan fingerprint density at radius 2 is 1.91 bits per heavy atom. The number of benzene rings is 1. The Kier molecular flexibility index (Phi) is 5.05. The third kappa shape index (κ3) is 3.77. The first-order chi connectivity index (χ1) is 11.1. The van der Waals surface area contributed by atoms with Crippen LogP contribution in [0.2, 0.25) is 0 Å². The van der Waals surface area contributed by atoms with Gasteiger partial charge in [0.15, 0.2) is 0 Å². The monoisotopic (exact) mass is 314 g/mol. The lowest BCUT2D eigenvalue weighted by molar-refractivity contribution is -0.133. The second-order valence-electron chi connectivity index (χ2n) is 7.51. The van der Waals surface area contributed by atoms with Gasteiger partial charge in [-0.2, -0.15) is 0 Å². The lowest BCUT2D eigenvalue weighted by atomic mass is 9.77. The van der Waals surface area contributed by atoms with Crippen molar-refractivity contribution in [3.8, 4) is 0 Å². The summed E-state index contributed by atoms with van der Waals surface area (Å²) in [5.41, 5.74) is 3.13. The molecule has 23 heavy (non-hydrogen) atoms. The standard InChI is InChI=1S/C20H30N2O/c1-3-17-4-6-18(7-5-17)16(2)14-19(23)22-12-9-20(10-13-22)8-11-21-15-20/h4-7,16,21H,3,8-15H2,1-2H3. The van der Waals surface area contributed by atoms with Crippen LogP contribution < -0.4 is 5.32 Å². The average Bonchev–Trinajstić information content (AvgIpc) is 3.03. The molecule has 0 bridgehead atoms. The predicted molar refractivity (Wildman–Crippen MR) is 94.6 cm³/mol. The van der Waals surface area contributed by atoms with Crippen molar-refractivity contribution in [1.29, 1.82) is 0 Å². The molecule has 2 aliphatic heterocycles. The Hall–Kier alpha value is -1.35. The molecule has 1 aromatic rings. The molecular formula is C20H30N2O. The van der Waals surface area contributed by atoms with Gasteiger partial charge in [0.1, 0.15) is 0 Å². The molecule has 1 atom stereocenters. The second-order valence-corrected chi connectivity index (χ2v) is 7.51. The molecule has 1 unspecified atom stereocenters. The van der Waals surface area contributed by atoms with Crippen molar-refractivity contribution in [2.45, 2.75) is 51.9 Å². The van der Waals surface area contributed by atoms with Gasteiger partial charge in [-0.1, -0.05) is 38.1 Å². The molecule has 1 spiro atoms. The summed E-state index contributed by atoms with van der Waals surface area (Å²) in [6.07, 6.45) is 5.33. The number of carbonyl (C=O) groups excluding carboxylic acids is 1. The highest BCUT2D eigenvalue weighted by Gasteiger charge is 2.38. The zero-order chi connectivity index (χ0) is 16.3. The quantitative estimate of drug-likeness (QED) is 0.924. The summed E-state index contributed by atoms with van der Waals surface area (Å²) >= 11 is 0. The number of nitrogens with zero attached hydrogens (tertiary/aromatic N) is 1. The minimum Gasteiger partial charge on any atom is -0.343 e. The van der Waals surface area contributed by atoms with Gasteiger partial charge >= 0.3 is 0 Å². The van der Waals surface area contributed by atoms with Crippen LogP contribution in [0.3, 0.4) is 0 Å². The molecule has 2 aliphatic rings. The van der Waals surface area contributed by atoms with E-state index in [1.54, 1.807) is 0 Å². The molecule has 1 N–H and O–H groups in total. The zero-order valence-corrected chi connectivity index (χ0v) is 14.6. The van der Waals surface area contributed by atoms with Crippen LogP contribution in [0.1, 0.15) is 56.6 Å². The number of hydrogen-bond donors (Lipinski definition) is 1. The van der Waals surface area contributed by atoms with Gasteiger partial charge in [-0.25, -0.2) is 0 Å². The molecule has 0 aliphatic carbocycles. The van der Waals surface area contributed by atoms with Crippen molar-refractivity contribution in [2.75, 3.05) is 26.2 Å². The van der Waals surface area contributed by atoms with E-state index in [1.165, 1.54) is 30.4 Å². The normalized spacial score (nSPS) is 21.6. The smallest absolute Gasteiger partial charge is 0.223 e. The molecule has 2 heterocycles. The van der Waals surface area contributed by atoms with Crippen molar-refractivity contribution in [2.24, 2.45) is 5.41 Å². The van der Waals surface area contributed by atoms with Crippen molar-refractivity contribution in [1.82, 2.24) is 10.2 Å². The first-order valence-corrected chi connectivity index (χ1v) is 9.19. The van der Waals surface area contributed by atoms with E-state index in [2.05, 4.69) is 48.3 Å². The molecule has 3 nitrogen and oxygen atoms in total. The summed E-state index contributed by atoms with van der Waals surface area (Å²) < 4.78 is 0. The number of rotatable bonds is 4. The van der Waals surface area contributed by atoms with Crippen LogP contribution >= 0.6 is 0 Å². The minimum atomic E-state index is 0.303. The minimum absolute atomic E-state index is 0.303. The fourth-order valence-corrected chi connectivity index (χ4v) is 4.04. The molecule has 3 rings (SSSR count). The molecule has 2 fully saturated rings. The summed E-state index contributed by atoms with van der Waals surface area (Å²) in [4.78, 5) is 14.7. The third-order valence-electron chi connectivity index (χ3n) is 5.95. The highest BCUT2D eigenvalue weighted by atomic mass is 16.2. The molecule has 0 aromatic heterocycles. The van der Waals surface area contributed by atoms with Crippen molar-refractivity contribution < 1.29 is 4.79 Å². The van der Waals surface area contributed by atoms with E-state index in [9.17, 15) is 4.79 Å². The molecule has 1 amide bonds. The number of amides is 1. The lowest BCUT2D eigenvalue weighted by Gasteiger charge is -2.39. The highest BCUT2D eigenvalue weighted by molar-refractivity contribution is 5.77. The summed E-state index contributed by atoms with van der Waals surface area (Å²) in [5, 5.41) is 3.49. The van der Waals surface area contributed by atoms with E-state index in [1.807, 2.05) is 0 Å². The maximum atomic E-state index is 12.6. The second kappa shape index (κ2) is 7.04. The van der Waals surface area contributed by atoms with Gasteiger partial charge in [-0.05, 0) is 54.7 Å². The van der Waals surface area contributed by atoms with Crippen LogP contribution in [0.5, 0.6) is 0 Å². The van der Waals surface area contributed by atoms with Crippen LogP contribution in [-0.4, -0.2) is 37.0 Å². The summed E-state index contributed by atoms with van der Waals surface area (Å²) in [6.45, 7) is 8.54. The summed E-state index contributed by atoms with van der Waals surface area (Å²) in [5.74, 6) is 0.635. The topological polar surface area (TPSA) is 32.3 Å². The van der Waals surface area contributed by atoms with E-state index in [-0.39, 0.29) is 0 Å². The van der Waals surface area contributed by atoms with Crippen LogP contribution in [0.4, 0.5) is 0 Å². The van der Waals surface area contributed by atoms with Gasteiger partial charge in [-0.3, -0.25) is 4.79 Å². The Morgan fingerprint density at radius 1 is 1.22 bits per heavy atom. The highest BCUT2D eigenvalue weighted by Crippen LogP contribution is 2.37. The largest absolute Gasteiger partial charge is 0.343 e. The van der Waals surface area contributed by atoms with Gasteiger partial charge in [0.25, 0.3) is 0 Å². The first-order valence-electron chi connectivity index (χ1n) is 9.19. The Bertz CT molecular complexity index is 521. The number of nitrogens with one attached hydrogen (secondary N) is 1. The first kappa shape index (κ1) is 16.5. The van der Waals surface area contributed by atoms with E-state index in [4.69, 9.17) is 0 Å². The molecule has 3 heteroatoms. The van der Waals surface area contributed by atoms with E-state index >= 15 is 0 Å². The molecule has 0 saturated carbocycles. The molecule has 126 valence electrons. The SMILES string of the molecule is CCc1ccc(C(C)CC(=O)N2CCC3(CCNC3)CC2)cc1. The number of hydrogen-bond acceptors (Lipinski definition) is 2. The lowest BCUT2D eigenvalue weighted by Crippen LogP contribution is -2.44. The number of aryl methyl sites for hydroxylation is 1. The fraction of sp³-hybridized carbons (Fsp3) is 0.650.